The van der Waals surface area contributed by atoms with E-state index >= 15 is 0 Å². The Hall–Kier alpha value is -2.59. The van der Waals surface area contributed by atoms with E-state index < -0.39 is 10.9 Å². The molecule has 0 atom stereocenters. The lowest BCUT2D eigenvalue weighted by molar-refractivity contribution is -0.384. The fraction of sp³-hybridized carbons (Fsp3) is 0.357. The summed E-state index contributed by atoms with van der Waals surface area (Å²) in [5.74, 6) is -1.27. The molecule has 10 heteroatoms. The zero-order chi connectivity index (χ0) is 18.1. The van der Waals surface area contributed by atoms with Crippen molar-refractivity contribution in [2.24, 2.45) is 5.10 Å². The fourth-order valence-corrected chi connectivity index (χ4v) is 1.87. The highest BCUT2D eigenvalue weighted by Gasteiger charge is 2.14. The van der Waals surface area contributed by atoms with Crippen LogP contribution in [0.1, 0.15) is 12.0 Å². The minimum atomic E-state index is -1.27. The van der Waals surface area contributed by atoms with Crippen LogP contribution in [-0.2, 0) is 4.79 Å². The molecule has 0 aliphatic rings. The first-order chi connectivity index (χ1) is 11.3. The van der Waals surface area contributed by atoms with Gasteiger partial charge >= 0.3 is 5.97 Å². The highest BCUT2D eigenvalue weighted by atomic mass is 32.1. The monoisotopic (exact) mass is 353 g/mol. The topological polar surface area (TPSA) is 120 Å². The predicted octanol–water partition coefficient (Wildman–Crippen LogP) is 0.799. The summed E-state index contributed by atoms with van der Waals surface area (Å²) < 4.78 is 0. The maximum atomic E-state index is 11.3. The number of non-ortho nitro benzene ring substituents is 1. The molecule has 0 fully saturated rings. The highest BCUT2D eigenvalue weighted by Crippen LogP contribution is 2.12. The van der Waals surface area contributed by atoms with Crippen molar-refractivity contribution in [3.05, 3.63) is 39.9 Å². The van der Waals surface area contributed by atoms with Crippen LogP contribution in [0.15, 0.2) is 29.4 Å². The normalized spacial score (nSPS) is 11.2. The molecule has 0 unspecified atom stereocenters. The number of nitrogens with zero attached hydrogens (tertiary/aromatic N) is 3. The molecule has 130 valence electrons. The summed E-state index contributed by atoms with van der Waals surface area (Å²) in [4.78, 5) is 23.4. The number of rotatable bonds is 8. The number of hydrogen-bond donors (Lipinski definition) is 3. The van der Waals surface area contributed by atoms with Crippen molar-refractivity contribution in [3.8, 4) is 0 Å². The fourth-order valence-electron chi connectivity index (χ4n) is 1.72. The first-order valence-electron chi connectivity index (χ1n) is 7.05. The Morgan fingerprint density at radius 3 is 2.50 bits per heavy atom. The number of hydrogen-bond acceptors (Lipinski definition) is 6. The molecule has 0 aromatic heterocycles. The second-order valence-corrected chi connectivity index (χ2v) is 5.50. The third kappa shape index (κ3) is 6.67. The molecule has 1 aromatic rings. The summed E-state index contributed by atoms with van der Waals surface area (Å²) in [5.41, 5.74) is 2.28. The first-order valence-corrected chi connectivity index (χ1v) is 7.46. The van der Waals surface area contributed by atoms with Gasteiger partial charge in [0.15, 0.2) is 10.8 Å². The molecule has 0 radical (unpaired) electrons. The zero-order valence-electron chi connectivity index (χ0n) is 13.4. The molecule has 0 saturated heterocycles. The van der Waals surface area contributed by atoms with Crippen LogP contribution in [0.25, 0.3) is 0 Å². The number of nitro groups is 1. The van der Waals surface area contributed by atoms with E-state index in [4.69, 9.17) is 12.2 Å². The Bertz CT molecular complexity index is 631. The van der Waals surface area contributed by atoms with Gasteiger partial charge in [-0.1, -0.05) is 0 Å². The standard InChI is InChI=1S/C14H19N5O4S/c1-18(2)9-3-8-15-14(24)17-16-12(13(20)21)10-4-6-11(7-5-10)19(22)23/h4-7H,3,8-9H2,1-2H3,(H,20,21)(H2,15,17,24). The average Bonchev–Trinajstić information content (AvgIpc) is 2.51. The van der Waals surface area contributed by atoms with E-state index in [0.29, 0.717) is 6.54 Å². The van der Waals surface area contributed by atoms with E-state index in [9.17, 15) is 20.0 Å². The second kappa shape index (κ2) is 9.53. The van der Waals surface area contributed by atoms with Gasteiger partial charge in [0, 0.05) is 24.2 Å². The summed E-state index contributed by atoms with van der Waals surface area (Å²) in [6.07, 6.45) is 0.868. The van der Waals surface area contributed by atoms with Crippen molar-refractivity contribution in [1.29, 1.82) is 0 Å². The Kier molecular flexibility index (Phi) is 7.72. The van der Waals surface area contributed by atoms with Gasteiger partial charge in [-0.05, 0) is 51.4 Å². The van der Waals surface area contributed by atoms with E-state index in [1.54, 1.807) is 0 Å². The summed E-state index contributed by atoms with van der Waals surface area (Å²) in [5, 5.41) is 26.7. The molecule has 0 bridgehead atoms. The van der Waals surface area contributed by atoms with Crippen LogP contribution in [0.4, 0.5) is 5.69 Å². The van der Waals surface area contributed by atoms with Crippen molar-refractivity contribution >= 4 is 34.7 Å². The van der Waals surface area contributed by atoms with Crippen molar-refractivity contribution in [1.82, 2.24) is 15.6 Å². The van der Waals surface area contributed by atoms with Crippen molar-refractivity contribution in [2.75, 3.05) is 27.2 Å². The number of nitrogens with one attached hydrogen (secondary N) is 2. The van der Waals surface area contributed by atoms with Gasteiger partial charge in [0.05, 0.1) is 4.92 Å². The minimum Gasteiger partial charge on any atom is -0.476 e. The van der Waals surface area contributed by atoms with Crippen LogP contribution in [0.2, 0.25) is 0 Å². The van der Waals surface area contributed by atoms with Crippen molar-refractivity contribution < 1.29 is 14.8 Å². The maximum Gasteiger partial charge on any atom is 0.356 e. The number of carboxylic acid groups (broad SMARTS) is 1. The summed E-state index contributed by atoms with van der Waals surface area (Å²) in [6, 6.07) is 5.07. The molecule has 0 amide bonds. The predicted molar refractivity (Wildman–Crippen MR) is 94.2 cm³/mol. The smallest absolute Gasteiger partial charge is 0.356 e. The molecular formula is C14H19N5O4S. The van der Waals surface area contributed by atoms with Gasteiger partial charge in [0.2, 0.25) is 0 Å². The second-order valence-electron chi connectivity index (χ2n) is 5.09. The summed E-state index contributed by atoms with van der Waals surface area (Å²) >= 11 is 5.02. The van der Waals surface area contributed by atoms with Gasteiger partial charge in [-0.3, -0.25) is 15.5 Å². The molecule has 24 heavy (non-hydrogen) atoms. The number of carboxylic acids is 1. The highest BCUT2D eigenvalue weighted by molar-refractivity contribution is 7.80. The summed E-state index contributed by atoms with van der Waals surface area (Å²) in [6.45, 7) is 1.52. The van der Waals surface area contributed by atoms with Gasteiger partial charge in [-0.15, -0.1) is 0 Å². The number of carbonyl (C=O) groups is 1. The molecule has 1 rings (SSSR count). The van der Waals surface area contributed by atoms with Crippen LogP contribution >= 0.6 is 12.2 Å². The first kappa shape index (κ1) is 19.5. The number of hydrazone groups is 1. The largest absolute Gasteiger partial charge is 0.476 e. The third-order valence-electron chi connectivity index (χ3n) is 2.89. The molecule has 0 spiro atoms. The molecule has 0 aliphatic heterocycles. The number of thiocarbonyl (C=S) groups is 1. The Morgan fingerprint density at radius 2 is 2.00 bits per heavy atom. The molecule has 0 saturated carbocycles. The summed E-state index contributed by atoms with van der Waals surface area (Å²) in [7, 11) is 3.93. The Labute approximate surface area is 144 Å². The minimum absolute atomic E-state index is 0.130. The third-order valence-corrected chi connectivity index (χ3v) is 3.13. The SMILES string of the molecule is CN(C)CCCNC(=S)NN=C(C(=O)O)c1ccc([N+](=O)[O-])cc1. The maximum absolute atomic E-state index is 11.3. The van der Waals surface area contributed by atoms with Crippen LogP contribution < -0.4 is 10.7 Å². The van der Waals surface area contributed by atoms with Crippen LogP contribution in [-0.4, -0.2) is 58.9 Å². The van der Waals surface area contributed by atoms with E-state index in [-0.39, 0.29) is 22.1 Å². The Balaban J connectivity index is 2.67. The lowest BCUT2D eigenvalue weighted by atomic mass is 10.1. The van der Waals surface area contributed by atoms with E-state index in [0.717, 1.165) is 13.0 Å². The zero-order valence-corrected chi connectivity index (χ0v) is 14.2. The molecular weight excluding hydrogens is 334 g/mol. The van der Waals surface area contributed by atoms with Crippen LogP contribution in [0.5, 0.6) is 0 Å². The molecule has 3 N–H and O–H groups in total. The quantitative estimate of drug-likeness (QED) is 0.206. The van der Waals surface area contributed by atoms with Crippen LogP contribution in [0, 0.1) is 10.1 Å². The van der Waals surface area contributed by atoms with E-state index in [1.165, 1.54) is 24.3 Å². The van der Waals surface area contributed by atoms with Gasteiger partial charge < -0.3 is 15.3 Å². The number of nitro benzene ring substituents is 1. The molecule has 0 aliphatic carbocycles. The number of benzene rings is 1. The number of aliphatic carboxylic acids is 1. The van der Waals surface area contributed by atoms with Crippen molar-refractivity contribution in [2.45, 2.75) is 6.42 Å². The van der Waals surface area contributed by atoms with E-state index in [1.807, 2.05) is 19.0 Å². The van der Waals surface area contributed by atoms with Gasteiger partial charge in [-0.25, -0.2) is 4.79 Å². The lowest BCUT2D eigenvalue weighted by Gasteiger charge is -2.11. The molecule has 0 heterocycles. The van der Waals surface area contributed by atoms with Gasteiger partial charge in [0.1, 0.15) is 0 Å². The lowest BCUT2D eigenvalue weighted by Crippen LogP contribution is -2.35. The molecule has 1 aromatic carbocycles. The van der Waals surface area contributed by atoms with Crippen LogP contribution in [0.3, 0.4) is 0 Å². The molecule has 9 nitrogen and oxygen atoms in total. The van der Waals surface area contributed by atoms with Gasteiger partial charge in [-0.2, -0.15) is 5.10 Å². The van der Waals surface area contributed by atoms with E-state index in [2.05, 4.69) is 15.8 Å². The van der Waals surface area contributed by atoms with Gasteiger partial charge in [0.25, 0.3) is 5.69 Å². The average molecular weight is 353 g/mol. The Morgan fingerprint density at radius 1 is 1.38 bits per heavy atom. The van der Waals surface area contributed by atoms with Crippen molar-refractivity contribution in [3.63, 3.8) is 0 Å².